The van der Waals surface area contributed by atoms with Crippen molar-refractivity contribution in [3.63, 3.8) is 0 Å². The molecule has 1 atom stereocenters. The lowest BCUT2D eigenvalue weighted by Gasteiger charge is -2.10. The molecular weight excluding hydrogens is 426 g/mol. The van der Waals surface area contributed by atoms with Gasteiger partial charge in [-0.15, -0.1) is 0 Å². The molecule has 33 heavy (non-hydrogen) atoms. The smallest absolute Gasteiger partial charge is 0.331 e. The van der Waals surface area contributed by atoms with Gasteiger partial charge in [-0.05, 0) is 31.7 Å². The highest BCUT2D eigenvalue weighted by atomic mass is 16.5. The Kier molecular flexibility index (Phi) is 6.55. The molecule has 1 fully saturated rings. The van der Waals surface area contributed by atoms with Crippen LogP contribution in [-0.4, -0.2) is 50.3 Å². The van der Waals surface area contributed by atoms with Crippen molar-refractivity contribution in [2.75, 3.05) is 13.2 Å². The van der Waals surface area contributed by atoms with Gasteiger partial charge in [0.15, 0.2) is 17.2 Å². The Morgan fingerprint density at radius 1 is 1.18 bits per heavy atom. The van der Waals surface area contributed by atoms with Crippen LogP contribution < -0.4 is 11.4 Å². The maximum Gasteiger partial charge on any atom is 0.331 e. The van der Waals surface area contributed by atoms with Gasteiger partial charge in [0.1, 0.15) is 12.1 Å². The largest absolute Gasteiger partial charge is 0.465 e. The third kappa shape index (κ3) is 4.51. The Morgan fingerprint density at radius 3 is 2.55 bits per heavy atom. The molecule has 2 aromatic heterocycles. The van der Waals surface area contributed by atoms with Crippen LogP contribution in [0, 0.1) is 0 Å². The molecule has 0 saturated carbocycles. The van der Waals surface area contributed by atoms with Crippen molar-refractivity contribution in [3.05, 3.63) is 46.0 Å². The Labute approximate surface area is 190 Å². The SMILES string of the molecule is CCOC(=O)Cn1c(=O)n(C[C@H]2CCCO2)c2nc(-c3ccc(CC)cc3)nc(C(N)=O)c21. The van der Waals surface area contributed by atoms with Crippen LogP contribution in [0.4, 0.5) is 0 Å². The minimum absolute atomic E-state index is 0.118. The zero-order valence-corrected chi connectivity index (χ0v) is 18.7. The Morgan fingerprint density at radius 2 is 1.94 bits per heavy atom. The lowest BCUT2D eigenvalue weighted by atomic mass is 10.1. The lowest BCUT2D eigenvalue weighted by molar-refractivity contribution is -0.143. The molecule has 1 aliphatic heterocycles. The molecule has 2 N–H and O–H groups in total. The first-order valence-electron chi connectivity index (χ1n) is 11.1. The van der Waals surface area contributed by atoms with Gasteiger partial charge in [0.05, 0.1) is 19.3 Å². The van der Waals surface area contributed by atoms with Crippen molar-refractivity contribution >= 4 is 23.0 Å². The molecule has 1 amide bonds. The van der Waals surface area contributed by atoms with E-state index in [2.05, 4.69) is 16.9 Å². The molecular formula is C23H27N5O5. The second kappa shape index (κ2) is 9.53. The Balaban J connectivity index is 1.93. The molecule has 1 aromatic carbocycles. The molecule has 0 unspecified atom stereocenters. The molecule has 10 heteroatoms. The van der Waals surface area contributed by atoms with E-state index in [0.29, 0.717) is 12.2 Å². The Bertz CT molecular complexity index is 1240. The first-order chi connectivity index (χ1) is 15.9. The summed E-state index contributed by atoms with van der Waals surface area (Å²) in [6.07, 6.45) is 2.42. The molecule has 0 spiro atoms. The summed E-state index contributed by atoms with van der Waals surface area (Å²) in [7, 11) is 0. The summed E-state index contributed by atoms with van der Waals surface area (Å²) in [6, 6.07) is 7.64. The predicted molar refractivity (Wildman–Crippen MR) is 121 cm³/mol. The number of imidazole rings is 1. The molecule has 3 aromatic rings. The summed E-state index contributed by atoms with van der Waals surface area (Å²) >= 11 is 0. The fourth-order valence-corrected chi connectivity index (χ4v) is 4.04. The standard InChI is InChI=1S/C23H27N5O5/c1-3-14-7-9-15(10-8-14)21-25-18(20(24)30)19-22(26-21)28(12-16-6-5-11-33-16)23(31)27(19)13-17(29)32-4-2/h7-10,16H,3-6,11-13H2,1-2H3,(H2,24,30)/t16-/m1/s1. The number of nitrogens with two attached hydrogens (primary N) is 1. The van der Waals surface area contributed by atoms with Gasteiger partial charge in [0.2, 0.25) is 0 Å². The average Bonchev–Trinajstić information content (AvgIpc) is 3.41. The third-order valence-electron chi connectivity index (χ3n) is 5.71. The molecule has 174 valence electrons. The Hall–Kier alpha value is -3.53. The molecule has 0 bridgehead atoms. The van der Waals surface area contributed by atoms with Gasteiger partial charge >= 0.3 is 11.7 Å². The van der Waals surface area contributed by atoms with Gasteiger partial charge in [-0.2, -0.15) is 0 Å². The highest BCUT2D eigenvalue weighted by Gasteiger charge is 2.27. The molecule has 4 rings (SSSR count). The number of hydrogen-bond donors (Lipinski definition) is 1. The van der Waals surface area contributed by atoms with Gasteiger partial charge in [-0.1, -0.05) is 31.2 Å². The highest BCUT2D eigenvalue weighted by Crippen LogP contribution is 2.24. The normalized spacial score (nSPS) is 15.8. The van der Waals surface area contributed by atoms with Gasteiger partial charge in [-0.25, -0.2) is 14.8 Å². The molecule has 3 heterocycles. The van der Waals surface area contributed by atoms with Crippen LogP contribution in [0.1, 0.15) is 42.7 Å². The van der Waals surface area contributed by atoms with Crippen molar-refractivity contribution in [1.29, 1.82) is 0 Å². The van der Waals surface area contributed by atoms with E-state index < -0.39 is 17.6 Å². The van der Waals surface area contributed by atoms with Crippen molar-refractivity contribution in [2.24, 2.45) is 5.73 Å². The first kappa shape index (κ1) is 22.7. The number of primary amides is 1. The van der Waals surface area contributed by atoms with E-state index in [9.17, 15) is 14.4 Å². The number of aryl methyl sites for hydroxylation is 1. The molecule has 10 nitrogen and oxygen atoms in total. The van der Waals surface area contributed by atoms with Crippen LogP contribution in [0.5, 0.6) is 0 Å². The first-order valence-corrected chi connectivity index (χ1v) is 11.1. The van der Waals surface area contributed by atoms with Gasteiger partial charge in [0.25, 0.3) is 5.91 Å². The number of esters is 1. The number of fused-ring (bicyclic) bond motifs is 1. The topological polar surface area (TPSA) is 131 Å². The van der Waals surface area contributed by atoms with E-state index in [0.717, 1.165) is 29.4 Å². The maximum absolute atomic E-state index is 13.4. The van der Waals surface area contributed by atoms with E-state index in [4.69, 9.17) is 15.2 Å². The average molecular weight is 453 g/mol. The number of amides is 1. The number of nitrogens with zero attached hydrogens (tertiary/aromatic N) is 4. The van der Waals surface area contributed by atoms with Crippen LogP contribution >= 0.6 is 0 Å². The zero-order valence-electron chi connectivity index (χ0n) is 18.7. The summed E-state index contributed by atoms with van der Waals surface area (Å²) in [5.41, 5.74) is 7.22. The third-order valence-corrected chi connectivity index (χ3v) is 5.71. The highest BCUT2D eigenvalue weighted by molar-refractivity contribution is 6.02. The van der Waals surface area contributed by atoms with Crippen LogP contribution in [0.15, 0.2) is 29.1 Å². The summed E-state index contributed by atoms with van der Waals surface area (Å²) in [5.74, 6) is -1.15. The number of rotatable bonds is 8. The fraction of sp³-hybridized carbons (Fsp3) is 0.435. The lowest BCUT2D eigenvalue weighted by Crippen LogP contribution is -2.31. The monoisotopic (exact) mass is 453 g/mol. The van der Waals surface area contributed by atoms with E-state index in [1.165, 1.54) is 4.57 Å². The number of aromatic nitrogens is 4. The van der Waals surface area contributed by atoms with Crippen LogP contribution in [0.2, 0.25) is 0 Å². The summed E-state index contributed by atoms with van der Waals surface area (Å²) in [5, 5.41) is 0. The van der Waals surface area contributed by atoms with Crippen molar-refractivity contribution in [1.82, 2.24) is 19.1 Å². The summed E-state index contributed by atoms with van der Waals surface area (Å²) < 4.78 is 13.3. The molecule has 1 saturated heterocycles. The number of carbonyl (C=O) groups is 2. The number of carbonyl (C=O) groups excluding carboxylic acids is 2. The fourth-order valence-electron chi connectivity index (χ4n) is 4.04. The second-order valence-electron chi connectivity index (χ2n) is 7.90. The molecule has 0 aliphatic carbocycles. The van der Waals surface area contributed by atoms with Crippen LogP contribution in [0.25, 0.3) is 22.6 Å². The summed E-state index contributed by atoms with van der Waals surface area (Å²) in [4.78, 5) is 47.0. The van der Waals surface area contributed by atoms with Crippen molar-refractivity contribution in [3.8, 4) is 11.4 Å². The molecule has 1 aliphatic rings. The van der Waals surface area contributed by atoms with Crippen molar-refractivity contribution < 1.29 is 19.1 Å². The quantitative estimate of drug-likeness (QED) is 0.513. The maximum atomic E-state index is 13.4. The number of ether oxygens (including phenoxy) is 2. The van der Waals surface area contributed by atoms with Gasteiger partial charge < -0.3 is 15.2 Å². The van der Waals surface area contributed by atoms with Crippen LogP contribution in [0.3, 0.4) is 0 Å². The van der Waals surface area contributed by atoms with Crippen molar-refractivity contribution in [2.45, 2.75) is 52.3 Å². The van der Waals surface area contributed by atoms with E-state index in [1.807, 2.05) is 24.3 Å². The minimum Gasteiger partial charge on any atom is -0.465 e. The van der Waals surface area contributed by atoms with E-state index in [1.54, 1.807) is 6.92 Å². The number of hydrogen-bond acceptors (Lipinski definition) is 7. The summed E-state index contributed by atoms with van der Waals surface area (Å²) in [6.45, 7) is 4.38. The van der Waals surface area contributed by atoms with Gasteiger partial charge in [0, 0.05) is 12.2 Å². The van der Waals surface area contributed by atoms with E-state index >= 15 is 0 Å². The second-order valence-corrected chi connectivity index (χ2v) is 7.90. The van der Waals surface area contributed by atoms with Crippen LogP contribution in [-0.2, 0) is 33.8 Å². The zero-order chi connectivity index (χ0) is 23.5. The molecule has 0 radical (unpaired) electrons. The van der Waals surface area contributed by atoms with Gasteiger partial charge in [-0.3, -0.25) is 18.7 Å². The predicted octanol–water partition coefficient (Wildman–Crippen LogP) is 1.66. The van der Waals surface area contributed by atoms with E-state index in [-0.39, 0.29) is 48.5 Å². The number of benzene rings is 1. The minimum atomic E-state index is -0.819.